The lowest BCUT2D eigenvalue weighted by molar-refractivity contribution is 0.944. The SMILES string of the molecule is CCC1=CC(C)C=Cc2ccccc21. The lowest BCUT2D eigenvalue weighted by Gasteiger charge is -2.07. The summed E-state index contributed by atoms with van der Waals surface area (Å²) in [5, 5.41) is 0. The van der Waals surface area contributed by atoms with E-state index in [0.29, 0.717) is 5.92 Å². The Balaban J connectivity index is 2.56. The molecule has 1 aromatic carbocycles. The first-order valence-corrected chi connectivity index (χ1v) is 5.29. The molecule has 0 nitrogen and oxygen atoms in total. The molecule has 0 N–H and O–H groups in total. The van der Waals surface area contributed by atoms with E-state index in [1.807, 2.05) is 0 Å². The normalized spacial score (nSPS) is 19.9. The van der Waals surface area contributed by atoms with Gasteiger partial charge in [0.15, 0.2) is 0 Å². The predicted octanol–water partition coefficient (Wildman–Crippen LogP) is 4.14. The minimum absolute atomic E-state index is 0.553. The van der Waals surface area contributed by atoms with Crippen LogP contribution in [0.1, 0.15) is 31.4 Å². The molecule has 1 aliphatic rings. The van der Waals surface area contributed by atoms with E-state index >= 15 is 0 Å². The van der Waals surface area contributed by atoms with Gasteiger partial charge in [-0.15, -0.1) is 0 Å². The molecule has 0 amide bonds. The van der Waals surface area contributed by atoms with Crippen molar-refractivity contribution >= 4 is 11.6 Å². The second-order valence-corrected chi connectivity index (χ2v) is 3.85. The average Bonchev–Trinajstić information content (AvgIpc) is 2.38. The molecule has 1 aromatic rings. The molecule has 0 heteroatoms. The van der Waals surface area contributed by atoms with Gasteiger partial charge in [-0.05, 0) is 29.0 Å². The quantitative estimate of drug-likeness (QED) is 0.615. The largest absolute Gasteiger partial charge is 0.0773 e. The molecular weight excluding hydrogens is 168 g/mol. The van der Waals surface area contributed by atoms with Gasteiger partial charge in [-0.25, -0.2) is 0 Å². The van der Waals surface area contributed by atoms with Gasteiger partial charge in [0.25, 0.3) is 0 Å². The van der Waals surface area contributed by atoms with Crippen LogP contribution in [0.4, 0.5) is 0 Å². The zero-order valence-corrected chi connectivity index (χ0v) is 8.83. The molecule has 0 heterocycles. The summed E-state index contributed by atoms with van der Waals surface area (Å²) >= 11 is 0. The van der Waals surface area contributed by atoms with Crippen LogP contribution in [0.2, 0.25) is 0 Å². The van der Waals surface area contributed by atoms with Gasteiger partial charge in [0, 0.05) is 0 Å². The number of fused-ring (bicyclic) bond motifs is 1. The summed E-state index contributed by atoms with van der Waals surface area (Å²) in [6, 6.07) is 8.62. The van der Waals surface area contributed by atoms with Gasteiger partial charge >= 0.3 is 0 Å². The zero-order chi connectivity index (χ0) is 9.97. The maximum atomic E-state index is 2.36. The van der Waals surface area contributed by atoms with Crippen molar-refractivity contribution in [2.24, 2.45) is 5.92 Å². The molecule has 0 saturated carbocycles. The molecule has 14 heavy (non-hydrogen) atoms. The van der Waals surface area contributed by atoms with Crippen LogP contribution in [0, 0.1) is 5.92 Å². The summed E-state index contributed by atoms with van der Waals surface area (Å²) in [6.07, 6.45) is 7.98. The van der Waals surface area contributed by atoms with Crippen molar-refractivity contribution in [3.63, 3.8) is 0 Å². The van der Waals surface area contributed by atoms with Gasteiger partial charge in [0.1, 0.15) is 0 Å². The second kappa shape index (κ2) is 3.83. The molecule has 2 rings (SSSR count). The summed E-state index contributed by atoms with van der Waals surface area (Å²) < 4.78 is 0. The van der Waals surface area contributed by atoms with Crippen molar-refractivity contribution in [3.05, 3.63) is 47.5 Å². The first-order chi connectivity index (χ1) is 6.81. The van der Waals surface area contributed by atoms with Crippen LogP contribution in [0.15, 0.2) is 36.4 Å². The third-order valence-electron chi connectivity index (χ3n) is 2.73. The fourth-order valence-corrected chi connectivity index (χ4v) is 1.96. The Hall–Kier alpha value is -1.30. The Bertz CT molecular complexity index is 383. The number of hydrogen-bond acceptors (Lipinski definition) is 0. The van der Waals surface area contributed by atoms with Crippen LogP contribution in [0.5, 0.6) is 0 Å². The molecule has 0 aromatic heterocycles. The van der Waals surface area contributed by atoms with Gasteiger partial charge in [0.05, 0.1) is 0 Å². The molecule has 0 radical (unpaired) electrons. The Morgan fingerprint density at radius 2 is 2.00 bits per heavy atom. The first kappa shape index (κ1) is 9.26. The highest BCUT2D eigenvalue weighted by Gasteiger charge is 2.08. The lowest BCUT2D eigenvalue weighted by Crippen LogP contribution is -1.87. The van der Waals surface area contributed by atoms with Gasteiger partial charge < -0.3 is 0 Å². The Morgan fingerprint density at radius 3 is 2.79 bits per heavy atom. The summed E-state index contributed by atoms with van der Waals surface area (Å²) in [6.45, 7) is 4.46. The fourth-order valence-electron chi connectivity index (χ4n) is 1.96. The first-order valence-electron chi connectivity index (χ1n) is 5.29. The second-order valence-electron chi connectivity index (χ2n) is 3.85. The number of hydrogen-bond donors (Lipinski definition) is 0. The highest BCUT2D eigenvalue weighted by atomic mass is 14.1. The summed E-state index contributed by atoms with van der Waals surface area (Å²) in [4.78, 5) is 0. The number of rotatable bonds is 1. The molecule has 0 bridgehead atoms. The Labute approximate surface area is 86.0 Å². The predicted molar refractivity (Wildman–Crippen MR) is 62.9 cm³/mol. The topological polar surface area (TPSA) is 0 Å². The maximum Gasteiger partial charge on any atom is -0.00725 e. The molecule has 0 saturated heterocycles. The average molecular weight is 184 g/mol. The lowest BCUT2D eigenvalue weighted by atomic mass is 9.98. The van der Waals surface area contributed by atoms with Crippen LogP contribution >= 0.6 is 0 Å². The maximum absolute atomic E-state index is 2.36. The van der Waals surface area contributed by atoms with Crippen LogP contribution in [-0.2, 0) is 0 Å². The van der Waals surface area contributed by atoms with Crippen molar-refractivity contribution in [3.8, 4) is 0 Å². The van der Waals surface area contributed by atoms with Crippen LogP contribution in [0.3, 0.4) is 0 Å². The molecule has 1 atom stereocenters. The zero-order valence-electron chi connectivity index (χ0n) is 8.83. The van der Waals surface area contributed by atoms with Crippen LogP contribution < -0.4 is 0 Å². The van der Waals surface area contributed by atoms with Crippen LogP contribution in [-0.4, -0.2) is 0 Å². The van der Waals surface area contributed by atoms with E-state index < -0.39 is 0 Å². The van der Waals surface area contributed by atoms with Crippen molar-refractivity contribution in [1.82, 2.24) is 0 Å². The van der Waals surface area contributed by atoms with E-state index in [9.17, 15) is 0 Å². The summed E-state index contributed by atoms with van der Waals surface area (Å²) in [5.41, 5.74) is 4.22. The minimum atomic E-state index is 0.553. The van der Waals surface area contributed by atoms with Gasteiger partial charge in [-0.2, -0.15) is 0 Å². The number of benzene rings is 1. The van der Waals surface area contributed by atoms with E-state index in [4.69, 9.17) is 0 Å². The van der Waals surface area contributed by atoms with Crippen molar-refractivity contribution in [2.75, 3.05) is 0 Å². The fraction of sp³-hybridized carbons (Fsp3) is 0.286. The van der Waals surface area contributed by atoms with Gasteiger partial charge in [-0.3, -0.25) is 0 Å². The molecule has 1 aliphatic carbocycles. The van der Waals surface area contributed by atoms with Gasteiger partial charge in [-0.1, -0.05) is 56.3 Å². The monoisotopic (exact) mass is 184 g/mol. The van der Waals surface area contributed by atoms with Crippen molar-refractivity contribution in [2.45, 2.75) is 20.3 Å². The number of allylic oxidation sites excluding steroid dienone is 3. The molecule has 1 unspecified atom stereocenters. The molecule has 0 spiro atoms. The van der Waals surface area contributed by atoms with E-state index in [2.05, 4.69) is 56.3 Å². The third-order valence-corrected chi connectivity index (χ3v) is 2.73. The van der Waals surface area contributed by atoms with Gasteiger partial charge in [0.2, 0.25) is 0 Å². The summed E-state index contributed by atoms with van der Waals surface area (Å²) in [5.74, 6) is 0.553. The van der Waals surface area contributed by atoms with E-state index in [-0.39, 0.29) is 0 Å². The molecule has 0 fully saturated rings. The standard InChI is InChI=1S/C14H16/c1-3-12-10-11(2)8-9-13-6-4-5-7-14(12)13/h4-11H,3H2,1-2H3. The third kappa shape index (κ3) is 1.65. The molecular formula is C14H16. The highest BCUT2D eigenvalue weighted by Crippen LogP contribution is 2.28. The van der Waals surface area contributed by atoms with Crippen molar-refractivity contribution < 1.29 is 0 Å². The Morgan fingerprint density at radius 1 is 1.21 bits per heavy atom. The van der Waals surface area contributed by atoms with E-state index in [1.165, 1.54) is 16.7 Å². The smallest absolute Gasteiger partial charge is 0.00725 e. The molecule has 72 valence electrons. The minimum Gasteiger partial charge on any atom is -0.0773 e. The Kier molecular flexibility index (Phi) is 2.53. The van der Waals surface area contributed by atoms with Crippen LogP contribution in [0.25, 0.3) is 11.6 Å². The van der Waals surface area contributed by atoms with E-state index in [0.717, 1.165) is 6.42 Å². The van der Waals surface area contributed by atoms with Crippen molar-refractivity contribution in [1.29, 1.82) is 0 Å². The molecule has 0 aliphatic heterocycles. The van der Waals surface area contributed by atoms with E-state index in [1.54, 1.807) is 0 Å². The highest BCUT2D eigenvalue weighted by molar-refractivity contribution is 5.76. The summed E-state index contributed by atoms with van der Waals surface area (Å²) in [7, 11) is 0.